The Morgan fingerprint density at radius 3 is 2.29 bits per heavy atom. The molecule has 0 aliphatic heterocycles. The minimum Gasteiger partial charge on any atom is -0.376 e. The van der Waals surface area contributed by atoms with Crippen LogP contribution in [0.25, 0.3) is 5.57 Å². The second kappa shape index (κ2) is 6.08. The third kappa shape index (κ3) is 3.62. The van der Waals surface area contributed by atoms with Crippen LogP contribution in [0.2, 0.25) is 0 Å². The molecule has 1 heteroatoms. The van der Waals surface area contributed by atoms with Crippen LogP contribution in [-0.4, -0.2) is 11.2 Å². The number of hydrogen-bond acceptors (Lipinski definition) is 1. The first-order chi connectivity index (χ1) is 8.06. The van der Waals surface area contributed by atoms with Gasteiger partial charge in [-0.05, 0) is 31.9 Å². The van der Waals surface area contributed by atoms with Crippen molar-refractivity contribution in [2.45, 2.75) is 26.9 Å². The van der Waals surface area contributed by atoms with Crippen LogP contribution in [0.1, 0.15) is 26.3 Å². The number of benzene rings is 1. The summed E-state index contributed by atoms with van der Waals surface area (Å²) in [6.45, 7) is 6.01. The fraction of sp³-hybridized carbons (Fsp3) is 0.250. The molecule has 0 saturated heterocycles. The van der Waals surface area contributed by atoms with Crippen LogP contribution in [0.3, 0.4) is 0 Å². The fourth-order valence-corrected chi connectivity index (χ4v) is 1.81. The first-order valence-electron chi connectivity index (χ1n) is 5.61. The largest absolute Gasteiger partial charge is 0.376 e. The van der Waals surface area contributed by atoms with Crippen molar-refractivity contribution in [2.75, 3.05) is 0 Å². The number of allylic oxidation sites excluding steroid dienone is 3. The van der Waals surface area contributed by atoms with E-state index in [4.69, 9.17) is 6.42 Å². The van der Waals surface area contributed by atoms with E-state index in [0.29, 0.717) is 0 Å². The molecule has 1 aromatic rings. The van der Waals surface area contributed by atoms with E-state index in [0.717, 1.165) is 16.7 Å². The van der Waals surface area contributed by atoms with Gasteiger partial charge in [0.1, 0.15) is 6.10 Å². The maximum absolute atomic E-state index is 9.93. The van der Waals surface area contributed by atoms with Gasteiger partial charge < -0.3 is 5.11 Å². The lowest BCUT2D eigenvalue weighted by atomic mass is 9.95. The number of aliphatic hydroxyl groups excluding tert-OH is 1. The van der Waals surface area contributed by atoms with Crippen molar-refractivity contribution < 1.29 is 5.11 Å². The van der Waals surface area contributed by atoms with Gasteiger partial charge in [0.05, 0.1) is 0 Å². The van der Waals surface area contributed by atoms with E-state index in [2.05, 4.69) is 5.92 Å². The van der Waals surface area contributed by atoms with E-state index >= 15 is 0 Å². The van der Waals surface area contributed by atoms with Gasteiger partial charge in [0.15, 0.2) is 0 Å². The third-order valence-electron chi connectivity index (χ3n) is 2.45. The van der Waals surface area contributed by atoms with Crippen molar-refractivity contribution >= 4 is 5.57 Å². The normalized spacial score (nSPS) is 13.4. The minimum atomic E-state index is -0.868. The highest BCUT2D eigenvalue weighted by atomic mass is 16.3. The number of aliphatic hydroxyl groups is 1. The van der Waals surface area contributed by atoms with E-state index < -0.39 is 6.10 Å². The summed E-state index contributed by atoms with van der Waals surface area (Å²) in [6.07, 6.45) is 6.49. The Bertz CT molecular complexity index is 468. The standard InChI is InChI=1S/C16H18O/c1-5-15(17)16(13(4)11-12(2)3)14-9-7-6-8-10-14/h1,6-11,15,17H,2-4H3/b16-13-. The monoisotopic (exact) mass is 226 g/mol. The van der Waals surface area contributed by atoms with Gasteiger partial charge in [-0.25, -0.2) is 0 Å². The highest BCUT2D eigenvalue weighted by Crippen LogP contribution is 2.23. The van der Waals surface area contributed by atoms with E-state index in [-0.39, 0.29) is 0 Å². The average Bonchev–Trinajstić information content (AvgIpc) is 2.29. The van der Waals surface area contributed by atoms with Crippen molar-refractivity contribution in [1.82, 2.24) is 0 Å². The lowest BCUT2D eigenvalue weighted by Gasteiger charge is -2.13. The SMILES string of the molecule is C#CC(O)/C(=C(/C)C=C(C)C)c1ccccc1. The highest BCUT2D eigenvalue weighted by molar-refractivity contribution is 5.75. The Balaban J connectivity index is 3.33. The molecule has 0 amide bonds. The van der Waals surface area contributed by atoms with Gasteiger partial charge in [0.2, 0.25) is 0 Å². The summed E-state index contributed by atoms with van der Waals surface area (Å²) in [5, 5.41) is 9.93. The molecule has 17 heavy (non-hydrogen) atoms. The first kappa shape index (κ1) is 13.3. The maximum Gasteiger partial charge on any atom is 0.140 e. The number of rotatable bonds is 3. The fourth-order valence-electron chi connectivity index (χ4n) is 1.81. The zero-order valence-corrected chi connectivity index (χ0v) is 10.6. The number of terminal acetylenes is 1. The van der Waals surface area contributed by atoms with Crippen LogP contribution in [0.5, 0.6) is 0 Å². The average molecular weight is 226 g/mol. The van der Waals surface area contributed by atoms with Crippen molar-refractivity contribution in [3.8, 4) is 12.3 Å². The second-order valence-corrected chi connectivity index (χ2v) is 4.25. The molecule has 1 N–H and O–H groups in total. The summed E-state index contributed by atoms with van der Waals surface area (Å²) in [5.74, 6) is 2.39. The summed E-state index contributed by atoms with van der Waals surface area (Å²) in [4.78, 5) is 0. The molecule has 0 aliphatic carbocycles. The molecule has 0 radical (unpaired) electrons. The van der Waals surface area contributed by atoms with Crippen LogP contribution in [0.4, 0.5) is 0 Å². The summed E-state index contributed by atoms with van der Waals surface area (Å²) in [7, 11) is 0. The summed E-state index contributed by atoms with van der Waals surface area (Å²) < 4.78 is 0. The van der Waals surface area contributed by atoms with Crippen molar-refractivity contribution in [2.24, 2.45) is 0 Å². The number of hydrogen-bond donors (Lipinski definition) is 1. The molecule has 0 saturated carbocycles. The minimum absolute atomic E-state index is 0.800. The summed E-state index contributed by atoms with van der Waals surface area (Å²) in [6, 6.07) is 9.73. The summed E-state index contributed by atoms with van der Waals surface area (Å²) in [5.41, 5.74) is 3.95. The molecule has 1 unspecified atom stereocenters. The van der Waals surface area contributed by atoms with Crippen LogP contribution in [0.15, 0.2) is 47.6 Å². The highest BCUT2D eigenvalue weighted by Gasteiger charge is 2.12. The van der Waals surface area contributed by atoms with Crippen LogP contribution in [0, 0.1) is 12.3 Å². The second-order valence-electron chi connectivity index (χ2n) is 4.25. The quantitative estimate of drug-likeness (QED) is 0.618. The van der Waals surface area contributed by atoms with Gasteiger partial charge >= 0.3 is 0 Å². The predicted molar refractivity (Wildman–Crippen MR) is 73.3 cm³/mol. The van der Waals surface area contributed by atoms with Gasteiger partial charge in [-0.2, -0.15) is 0 Å². The van der Waals surface area contributed by atoms with Gasteiger partial charge in [-0.1, -0.05) is 47.9 Å². The Kier molecular flexibility index (Phi) is 4.75. The lowest BCUT2D eigenvalue weighted by Crippen LogP contribution is -2.08. The predicted octanol–water partition coefficient (Wildman–Crippen LogP) is 3.42. The molecule has 1 rings (SSSR count). The Morgan fingerprint density at radius 2 is 1.82 bits per heavy atom. The molecule has 1 atom stereocenters. The van der Waals surface area contributed by atoms with Crippen LogP contribution in [-0.2, 0) is 0 Å². The van der Waals surface area contributed by atoms with Crippen molar-refractivity contribution in [1.29, 1.82) is 0 Å². The Labute approximate surface area is 103 Å². The molecule has 0 aromatic heterocycles. The van der Waals surface area contributed by atoms with Gasteiger partial charge in [-0.3, -0.25) is 0 Å². The zero-order chi connectivity index (χ0) is 12.8. The molecular formula is C16H18O. The first-order valence-corrected chi connectivity index (χ1v) is 5.61. The van der Waals surface area contributed by atoms with E-state index in [9.17, 15) is 5.11 Å². The summed E-state index contributed by atoms with van der Waals surface area (Å²) >= 11 is 0. The molecule has 0 spiro atoms. The van der Waals surface area contributed by atoms with E-state index in [1.807, 2.05) is 57.2 Å². The van der Waals surface area contributed by atoms with Gasteiger partial charge in [0, 0.05) is 5.57 Å². The smallest absolute Gasteiger partial charge is 0.140 e. The Hall–Kier alpha value is -1.78. The van der Waals surface area contributed by atoms with Crippen molar-refractivity contribution in [3.63, 3.8) is 0 Å². The Morgan fingerprint density at radius 1 is 1.24 bits per heavy atom. The third-order valence-corrected chi connectivity index (χ3v) is 2.45. The van der Waals surface area contributed by atoms with Gasteiger partial charge in [0.25, 0.3) is 0 Å². The van der Waals surface area contributed by atoms with E-state index in [1.165, 1.54) is 5.57 Å². The molecule has 0 fully saturated rings. The molecule has 88 valence electrons. The molecule has 0 bridgehead atoms. The van der Waals surface area contributed by atoms with Crippen LogP contribution < -0.4 is 0 Å². The molecule has 0 aliphatic rings. The van der Waals surface area contributed by atoms with Gasteiger partial charge in [-0.15, -0.1) is 6.42 Å². The topological polar surface area (TPSA) is 20.2 Å². The van der Waals surface area contributed by atoms with Crippen molar-refractivity contribution in [3.05, 3.63) is 53.1 Å². The molecule has 1 nitrogen and oxygen atoms in total. The zero-order valence-electron chi connectivity index (χ0n) is 10.6. The van der Waals surface area contributed by atoms with E-state index in [1.54, 1.807) is 0 Å². The molecule has 0 heterocycles. The maximum atomic E-state index is 9.93. The molecular weight excluding hydrogens is 208 g/mol. The molecule has 1 aromatic carbocycles. The van der Waals surface area contributed by atoms with Crippen LogP contribution >= 0.6 is 0 Å². The lowest BCUT2D eigenvalue weighted by molar-refractivity contribution is 0.289.